The summed E-state index contributed by atoms with van der Waals surface area (Å²) in [5.41, 5.74) is 15.4. The largest absolute Gasteiger partial charge is 0.454 e. The molecule has 4 saturated carbocycles. The summed E-state index contributed by atoms with van der Waals surface area (Å²) in [4.78, 5) is 5.17. The molecule has 6 aromatic carbocycles. The zero-order valence-electron chi connectivity index (χ0n) is 32.9. The molecule has 6 aliphatic rings. The molecule has 278 valence electrons. The Kier molecular flexibility index (Phi) is 6.58. The van der Waals surface area contributed by atoms with Crippen molar-refractivity contribution in [3.63, 3.8) is 0 Å². The lowest BCUT2D eigenvalue weighted by Gasteiger charge is -2.57. The van der Waals surface area contributed by atoms with E-state index in [2.05, 4.69) is 158 Å². The number of furan rings is 1. The molecule has 0 unspecified atom stereocenters. The molecule has 0 atom stereocenters. The monoisotopic (exact) mass is 756 g/mol. The average Bonchev–Trinajstić information content (AvgIpc) is 3.79. The molecule has 8 aromatic rings. The molecule has 4 aliphatic carbocycles. The minimum absolute atomic E-state index is 0.0452. The highest BCUT2D eigenvalue weighted by molar-refractivity contribution is 7.33. The number of fused-ring (bicyclic) bond motifs is 9. The van der Waals surface area contributed by atoms with Gasteiger partial charge < -0.3 is 14.2 Å². The highest BCUT2D eigenvalue weighted by Crippen LogP contribution is 2.61. The normalized spacial score (nSPS) is 23.1. The van der Waals surface area contributed by atoms with Crippen LogP contribution in [0.2, 0.25) is 0 Å². The van der Waals surface area contributed by atoms with Crippen molar-refractivity contribution in [1.29, 1.82) is 0 Å². The Morgan fingerprint density at radius 2 is 1.32 bits per heavy atom. The van der Waals surface area contributed by atoms with Crippen LogP contribution in [0, 0.1) is 17.8 Å². The van der Waals surface area contributed by atoms with Gasteiger partial charge in [-0.05, 0) is 144 Å². The zero-order chi connectivity index (χ0) is 37.8. The highest BCUT2D eigenvalue weighted by atomic mass is 32.1. The summed E-state index contributed by atoms with van der Waals surface area (Å²) in [5.74, 6) is 2.66. The summed E-state index contributed by atoms with van der Waals surface area (Å²) in [6.45, 7) is 7.10. The van der Waals surface area contributed by atoms with Gasteiger partial charge in [-0.15, -0.1) is 11.3 Å². The summed E-state index contributed by atoms with van der Waals surface area (Å²) >= 11 is 2.00. The maximum absolute atomic E-state index is 6.87. The first-order valence-electron chi connectivity index (χ1n) is 21.2. The van der Waals surface area contributed by atoms with Gasteiger partial charge in [0, 0.05) is 48.4 Å². The van der Waals surface area contributed by atoms with Crippen LogP contribution in [0.25, 0.3) is 32.0 Å². The quantitative estimate of drug-likeness (QED) is 0.167. The smallest absolute Gasteiger partial charge is 0.264 e. The van der Waals surface area contributed by atoms with Crippen molar-refractivity contribution >= 4 is 99.9 Å². The van der Waals surface area contributed by atoms with Gasteiger partial charge in [0.1, 0.15) is 5.58 Å². The predicted molar refractivity (Wildman–Crippen MR) is 242 cm³/mol. The third-order valence-corrected chi connectivity index (χ3v) is 16.0. The van der Waals surface area contributed by atoms with Crippen molar-refractivity contribution in [1.82, 2.24) is 0 Å². The number of rotatable bonds is 3. The third-order valence-electron chi connectivity index (χ3n) is 14.7. The first kappa shape index (κ1) is 32.8. The summed E-state index contributed by atoms with van der Waals surface area (Å²) < 4.78 is 9.66. The maximum Gasteiger partial charge on any atom is 0.264 e. The molecular formula is C52H45BN2OS. The van der Waals surface area contributed by atoms with Gasteiger partial charge in [0.15, 0.2) is 5.58 Å². The zero-order valence-corrected chi connectivity index (χ0v) is 33.7. The van der Waals surface area contributed by atoms with E-state index < -0.39 is 0 Å². The predicted octanol–water partition coefficient (Wildman–Crippen LogP) is 12.6. The molecule has 4 bridgehead atoms. The lowest BCUT2D eigenvalue weighted by atomic mass is 9.36. The molecule has 5 heteroatoms. The Labute approximate surface area is 339 Å². The van der Waals surface area contributed by atoms with Crippen molar-refractivity contribution in [3.05, 3.63) is 139 Å². The van der Waals surface area contributed by atoms with Crippen LogP contribution in [0.1, 0.15) is 70.4 Å². The first-order chi connectivity index (χ1) is 27.8. The van der Waals surface area contributed by atoms with Crippen LogP contribution in [-0.2, 0) is 10.8 Å². The molecular weight excluding hydrogens is 711 g/mol. The van der Waals surface area contributed by atoms with Crippen molar-refractivity contribution in [2.24, 2.45) is 17.8 Å². The van der Waals surface area contributed by atoms with E-state index in [9.17, 15) is 0 Å². The number of thiophene rings is 1. The number of para-hydroxylation sites is 3. The maximum atomic E-state index is 6.87. The Hall–Kier alpha value is -5.26. The number of hydrogen-bond acceptors (Lipinski definition) is 4. The Morgan fingerprint density at radius 1 is 0.632 bits per heavy atom. The van der Waals surface area contributed by atoms with Gasteiger partial charge >= 0.3 is 0 Å². The Bertz CT molecular complexity index is 2930. The van der Waals surface area contributed by atoms with E-state index in [4.69, 9.17) is 4.42 Å². The van der Waals surface area contributed by atoms with Gasteiger partial charge in [-0.1, -0.05) is 93.6 Å². The molecule has 14 rings (SSSR count). The SMILES string of the molecule is CC(C)(C)c1ccc2sc3c(c2c1)N(c1ccccc1)c1cccc2c1B3c1ccc(C34CC5CC(CC(C5)C3)C4)cc1N2c1cccc2c1oc1ccccc12. The van der Waals surface area contributed by atoms with E-state index in [1.165, 1.54) is 109 Å². The fourth-order valence-electron chi connectivity index (χ4n) is 12.7. The van der Waals surface area contributed by atoms with Crippen molar-refractivity contribution in [2.45, 2.75) is 70.1 Å². The second kappa shape index (κ2) is 11.4. The van der Waals surface area contributed by atoms with E-state index >= 15 is 0 Å². The molecule has 4 heterocycles. The molecule has 0 saturated heterocycles. The van der Waals surface area contributed by atoms with Crippen molar-refractivity contribution in [3.8, 4) is 0 Å². The summed E-state index contributed by atoms with van der Waals surface area (Å²) in [6, 6.07) is 48.4. The molecule has 0 N–H and O–H groups in total. The van der Waals surface area contributed by atoms with Gasteiger partial charge in [-0.25, -0.2) is 0 Å². The molecule has 3 nitrogen and oxygen atoms in total. The number of hydrogen-bond donors (Lipinski definition) is 0. The van der Waals surface area contributed by atoms with Gasteiger partial charge in [-0.3, -0.25) is 0 Å². The highest BCUT2D eigenvalue weighted by Gasteiger charge is 2.52. The van der Waals surface area contributed by atoms with Gasteiger partial charge in [-0.2, -0.15) is 0 Å². The first-order valence-corrected chi connectivity index (χ1v) is 22.0. The third kappa shape index (κ3) is 4.55. The van der Waals surface area contributed by atoms with E-state index in [0.717, 1.165) is 34.6 Å². The molecule has 2 aromatic heterocycles. The number of anilines is 6. The summed E-state index contributed by atoms with van der Waals surface area (Å²) in [7, 11) is 0. The van der Waals surface area contributed by atoms with Crippen molar-refractivity contribution < 1.29 is 4.42 Å². The molecule has 2 aliphatic heterocycles. The topological polar surface area (TPSA) is 19.6 Å². The fourth-order valence-corrected chi connectivity index (χ4v) is 14.0. The second-order valence-corrected chi connectivity index (χ2v) is 20.2. The van der Waals surface area contributed by atoms with Crippen LogP contribution in [-0.4, -0.2) is 6.71 Å². The van der Waals surface area contributed by atoms with Gasteiger partial charge in [0.05, 0.1) is 11.4 Å². The number of benzene rings is 6. The van der Waals surface area contributed by atoms with E-state index in [1.54, 1.807) is 5.56 Å². The van der Waals surface area contributed by atoms with Crippen molar-refractivity contribution in [2.75, 3.05) is 9.80 Å². The molecule has 4 fully saturated rings. The van der Waals surface area contributed by atoms with Crippen LogP contribution >= 0.6 is 11.3 Å². The van der Waals surface area contributed by atoms with E-state index in [1.807, 2.05) is 11.3 Å². The standard InChI is InChI=1S/C52H45BN2OS/c1-51(2,3)34-20-22-46-39(26-34)48-50(57-46)53-40-21-19-35(52-28-31-23-32(29-52)25-33(24-31)30-52)27-44(40)55(43-17-9-14-38-37-13-7-8-18-45(37)56-49(38)43)42-16-10-15-41(47(42)53)54(48)36-11-5-4-6-12-36/h4-22,26-27,31-33H,23-25,28-30H2,1-3H3. The summed E-state index contributed by atoms with van der Waals surface area (Å²) in [5, 5.41) is 3.69. The van der Waals surface area contributed by atoms with E-state index in [-0.39, 0.29) is 17.5 Å². The second-order valence-electron chi connectivity index (χ2n) is 19.1. The summed E-state index contributed by atoms with van der Waals surface area (Å²) in [6.07, 6.45) is 8.40. The molecule has 0 radical (unpaired) electrons. The van der Waals surface area contributed by atoms with Gasteiger partial charge in [0.2, 0.25) is 0 Å². The van der Waals surface area contributed by atoms with Crippen LogP contribution in [0.3, 0.4) is 0 Å². The lowest BCUT2D eigenvalue weighted by Crippen LogP contribution is -2.60. The minimum atomic E-state index is 0.0452. The minimum Gasteiger partial charge on any atom is -0.454 e. The van der Waals surface area contributed by atoms with Crippen LogP contribution in [0.15, 0.2) is 132 Å². The fraction of sp³-hybridized carbons (Fsp3) is 0.269. The van der Waals surface area contributed by atoms with Crippen LogP contribution in [0.5, 0.6) is 0 Å². The molecule has 57 heavy (non-hydrogen) atoms. The van der Waals surface area contributed by atoms with Crippen LogP contribution < -0.4 is 25.5 Å². The van der Waals surface area contributed by atoms with Gasteiger partial charge in [0.25, 0.3) is 6.71 Å². The van der Waals surface area contributed by atoms with E-state index in [0.29, 0.717) is 0 Å². The average molecular weight is 757 g/mol. The molecule has 0 spiro atoms. The number of nitrogens with zero attached hydrogens (tertiary/aromatic N) is 2. The Balaban J connectivity index is 1.12. The lowest BCUT2D eigenvalue weighted by molar-refractivity contribution is -0.00516. The van der Waals surface area contributed by atoms with Crippen LogP contribution in [0.4, 0.5) is 34.1 Å². The Morgan fingerprint density at radius 3 is 2.09 bits per heavy atom. The molecule has 0 amide bonds.